The van der Waals surface area contributed by atoms with Crippen molar-refractivity contribution < 1.29 is 13.7 Å². The summed E-state index contributed by atoms with van der Waals surface area (Å²) in [5.74, 6) is 0.351. The van der Waals surface area contributed by atoms with Crippen molar-refractivity contribution in [2.45, 2.75) is 31.2 Å². The molecule has 0 saturated carbocycles. The number of nitrogens with zero attached hydrogens (tertiary/aromatic N) is 3. The summed E-state index contributed by atoms with van der Waals surface area (Å²) in [5.41, 5.74) is 3.35. The number of allylic oxidation sites excluding steroid dienone is 1. The monoisotopic (exact) mass is 484 g/mol. The summed E-state index contributed by atoms with van der Waals surface area (Å²) in [6.45, 7) is 4.88. The Morgan fingerprint density at radius 3 is 2.64 bits per heavy atom. The summed E-state index contributed by atoms with van der Waals surface area (Å²) >= 11 is 7.36. The lowest BCUT2D eigenvalue weighted by atomic mass is 9.95. The Labute approximate surface area is 202 Å². The number of rotatable bonds is 7. The molecule has 0 amide bonds. The zero-order valence-corrected chi connectivity index (χ0v) is 20.5. The van der Waals surface area contributed by atoms with Crippen LogP contribution in [0, 0.1) is 5.82 Å². The third-order valence-electron chi connectivity index (χ3n) is 5.56. The Morgan fingerprint density at radius 2 is 2.00 bits per heavy atom. The molecule has 2 heterocycles. The zero-order valence-electron chi connectivity index (χ0n) is 18.9. The van der Waals surface area contributed by atoms with Gasteiger partial charge >= 0.3 is 0 Å². The third-order valence-corrected chi connectivity index (χ3v) is 6.64. The molecule has 6 nitrogen and oxygen atoms in total. The van der Waals surface area contributed by atoms with Crippen molar-refractivity contribution in [3.8, 4) is 17.1 Å². The van der Waals surface area contributed by atoms with E-state index < -0.39 is 5.82 Å². The second-order valence-electron chi connectivity index (χ2n) is 7.58. The quantitative estimate of drug-likeness (QED) is 0.340. The molecule has 3 aromatic rings. The van der Waals surface area contributed by atoms with Gasteiger partial charge < -0.3 is 19.5 Å². The molecule has 0 radical (unpaired) electrons. The van der Waals surface area contributed by atoms with Gasteiger partial charge in [-0.25, -0.2) is 4.39 Å². The standard InChI is InChI=1S/C24H25FN4O2S2/c1-5-12-29-14(2)20(21(26-24(29)32)15-6-9-17(33-4)10-7-15)23-27-22(28-31-23)16-8-11-19(30-3)18(25)13-16/h6-11,13,21H,5,12H2,1-4H3,(H,26,32). The molecule has 0 spiro atoms. The first-order valence-electron chi connectivity index (χ1n) is 10.6. The number of hydrogen-bond donors (Lipinski definition) is 1. The van der Waals surface area contributed by atoms with Crippen LogP contribution in [0.25, 0.3) is 17.0 Å². The van der Waals surface area contributed by atoms with E-state index in [2.05, 4.69) is 46.6 Å². The van der Waals surface area contributed by atoms with Gasteiger partial charge in [0.1, 0.15) is 0 Å². The average molecular weight is 485 g/mol. The molecule has 0 fully saturated rings. The second-order valence-corrected chi connectivity index (χ2v) is 8.85. The van der Waals surface area contributed by atoms with E-state index in [0.29, 0.717) is 22.4 Å². The molecule has 1 unspecified atom stereocenters. The third kappa shape index (κ3) is 4.60. The number of methoxy groups -OCH3 is 1. The van der Waals surface area contributed by atoms with Crippen LogP contribution < -0.4 is 10.1 Å². The van der Waals surface area contributed by atoms with Gasteiger partial charge in [0.05, 0.1) is 18.7 Å². The van der Waals surface area contributed by atoms with Crippen LogP contribution in [0.4, 0.5) is 4.39 Å². The highest BCUT2D eigenvalue weighted by atomic mass is 32.2. The minimum Gasteiger partial charge on any atom is -0.494 e. The van der Waals surface area contributed by atoms with Crippen LogP contribution >= 0.6 is 24.0 Å². The predicted octanol–water partition coefficient (Wildman–Crippen LogP) is 5.68. The number of ether oxygens (including phenoxy) is 1. The van der Waals surface area contributed by atoms with Crippen molar-refractivity contribution in [1.29, 1.82) is 0 Å². The maximum atomic E-state index is 14.2. The van der Waals surface area contributed by atoms with E-state index in [1.807, 2.05) is 18.1 Å². The van der Waals surface area contributed by atoms with Gasteiger partial charge in [0, 0.05) is 22.7 Å². The predicted molar refractivity (Wildman–Crippen MR) is 133 cm³/mol. The molecular weight excluding hydrogens is 459 g/mol. The van der Waals surface area contributed by atoms with E-state index in [4.69, 9.17) is 21.5 Å². The summed E-state index contributed by atoms with van der Waals surface area (Å²) in [7, 11) is 1.42. The number of thiocarbonyl (C=S) groups is 1. The summed E-state index contributed by atoms with van der Waals surface area (Å²) in [6, 6.07) is 12.6. The van der Waals surface area contributed by atoms with E-state index in [1.165, 1.54) is 18.1 Å². The summed E-state index contributed by atoms with van der Waals surface area (Å²) in [6.07, 6.45) is 2.98. The highest BCUT2D eigenvalue weighted by Gasteiger charge is 2.33. The van der Waals surface area contributed by atoms with Crippen LogP contribution in [0.5, 0.6) is 5.75 Å². The van der Waals surface area contributed by atoms with Crippen LogP contribution in [0.3, 0.4) is 0 Å². The lowest BCUT2D eigenvalue weighted by Gasteiger charge is -2.37. The van der Waals surface area contributed by atoms with Crippen molar-refractivity contribution in [2.24, 2.45) is 0 Å². The molecule has 9 heteroatoms. The van der Waals surface area contributed by atoms with Gasteiger partial charge in [-0.2, -0.15) is 4.98 Å². The fraction of sp³-hybridized carbons (Fsp3) is 0.292. The normalized spacial score (nSPS) is 16.2. The molecular formula is C24H25FN4O2S2. The highest BCUT2D eigenvalue weighted by Crippen LogP contribution is 2.38. The number of nitrogens with one attached hydrogen (secondary N) is 1. The first-order chi connectivity index (χ1) is 16.0. The van der Waals surface area contributed by atoms with E-state index in [0.717, 1.165) is 29.8 Å². The van der Waals surface area contributed by atoms with Crippen LogP contribution in [-0.4, -0.2) is 40.1 Å². The average Bonchev–Trinajstić information content (AvgIpc) is 3.31. The summed E-state index contributed by atoms with van der Waals surface area (Å²) < 4.78 is 24.9. The lowest BCUT2D eigenvalue weighted by molar-refractivity contribution is 0.386. The van der Waals surface area contributed by atoms with Crippen molar-refractivity contribution in [1.82, 2.24) is 20.4 Å². The van der Waals surface area contributed by atoms with Gasteiger partial charge in [-0.15, -0.1) is 11.8 Å². The number of halogens is 1. The smallest absolute Gasteiger partial charge is 0.258 e. The lowest BCUT2D eigenvalue weighted by Crippen LogP contribution is -2.46. The zero-order chi connectivity index (χ0) is 23.5. The second kappa shape index (κ2) is 9.93. The Balaban J connectivity index is 1.78. The minimum absolute atomic E-state index is 0.162. The molecule has 172 valence electrons. The number of aromatic nitrogens is 2. The van der Waals surface area contributed by atoms with Crippen LogP contribution in [0.15, 0.2) is 57.6 Å². The molecule has 1 aliphatic rings. The molecule has 4 rings (SSSR count). The molecule has 0 bridgehead atoms. The number of hydrogen-bond acceptors (Lipinski definition) is 6. The Bertz CT molecular complexity index is 1190. The van der Waals surface area contributed by atoms with Gasteiger partial charge in [-0.3, -0.25) is 0 Å². The largest absolute Gasteiger partial charge is 0.494 e. The molecule has 2 aromatic carbocycles. The van der Waals surface area contributed by atoms with Crippen molar-refractivity contribution in [3.05, 3.63) is 65.4 Å². The maximum absolute atomic E-state index is 14.2. The molecule has 33 heavy (non-hydrogen) atoms. The van der Waals surface area contributed by atoms with Gasteiger partial charge in [-0.05, 0) is 67.7 Å². The highest BCUT2D eigenvalue weighted by molar-refractivity contribution is 7.98. The minimum atomic E-state index is -0.484. The van der Waals surface area contributed by atoms with Crippen LogP contribution in [0.2, 0.25) is 0 Å². The molecule has 1 aromatic heterocycles. The van der Waals surface area contributed by atoms with Gasteiger partial charge in [-0.1, -0.05) is 24.2 Å². The Kier molecular flexibility index (Phi) is 6.99. The van der Waals surface area contributed by atoms with E-state index in [9.17, 15) is 4.39 Å². The molecule has 1 atom stereocenters. The molecule has 0 aliphatic carbocycles. The van der Waals surface area contributed by atoms with Crippen molar-refractivity contribution in [2.75, 3.05) is 19.9 Å². The van der Waals surface area contributed by atoms with E-state index in [1.54, 1.807) is 23.9 Å². The fourth-order valence-corrected chi connectivity index (χ4v) is 4.61. The van der Waals surface area contributed by atoms with Gasteiger partial charge in [0.25, 0.3) is 5.89 Å². The van der Waals surface area contributed by atoms with E-state index in [-0.39, 0.29) is 11.8 Å². The Hall–Kier alpha value is -2.91. The Morgan fingerprint density at radius 1 is 1.24 bits per heavy atom. The summed E-state index contributed by atoms with van der Waals surface area (Å²) in [5, 5.41) is 8.23. The summed E-state index contributed by atoms with van der Waals surface area (Å²) in [4.78, 5) is 7.85. The topological polar surface area (TPSA) is 63.4 Å². The first-order valence-corrected chi connectivity index (χ1v) is 12.2. The van der Waals surface area contributed by atoms with Crippen LogP contribution in [0.1, 0.15) is 37.8 Å². The number of benzene rings is 2. The maximum Gasteiger partial charge on any atom is 0.258 e. The number of thioether (sulfide) groups is 1. The molecule has 1 N–H and O–H groups in total. The fourth-order valence-electron chi connectivity index (χ4n) is 3.85. The molecule has 1 aliphatic heterocycles. The van der Waals surface area contributed by atoms with Crippen molar-refractivity contribution >= 4 is 34.7 Å². The van der Waals surface area contributed by atoms with Crippen molar-refractivity contribution in [3.63, 3.8) is 0 Å². The molecule has 0 saturated heterocycles. The van der Waals surface area contributed by atoms with Gasteiger partial charge in [0.15, 0.2) is 16.7 Å². The van der Waals surface area contributed by atoms with E-state index >= 15 is 0 Å². The SMILES string of the molecule is CCCN1C(=S)NC(c2ccc(SC)cc2)C(c2nc(-c3ccc(OC)c(F)c3)no2)=C1C. The first kappa shape index (κ1) is 23.3. The van der Waals surface area contributed by atoms with Crippen LogP contribution in [-0.2, 0) is 0 Å². The van der Waals surface area contributed by atoms with Gasteiger partial charge in [0.2, 0.25) is 5.82 Å².